The Hall–Kier alpha value is -2.61. The smallest absolute Gasteiger partial charge is 0.417 e. The number of carbonyl (C=O) groups is 1. The molecular weight excluding hydrogens is 371 g/mol. The number of benzene rings is 1. The van der Waals surface area contributed by atoms with Crippen LogP contribution >= 0.6 is 0 Å². The maximum atomic E-state index is 12.6. The molecule has 2 aromatic rings. The van der Waals surface area contributed by atoms with E-state index in [0.717, 1.165) is 44.0 Å². The Morgan fingerprint density at radius 1 is 1.14 bits per heavy atom. The van der Waals surface area contributed by atoms with Crippen molar-refractivity contribution in [1.29, 1.82) is 0 Å². The maximum absolute atomic E-state index is 12.6. The standard InChI is InChI=1S/C20H22F3N3O2/c21-20(22,23)15-7-10-18(25-12-15)28-16-8-5-13(6-9-16)19(27)26-17-4-2-1-3-14(17)11-24/h5-10,12,14,17H,1-4,11,24H2,(H,26,27). The highest BCUT2D eigenvalue weighted by molar-refractivity contribution is 5.94. The van der Waals surface area contributed by atoms with Crippen LogP contribution in [0.2, 0.25) is 0 Å². The molecule has 1 aliphatic rings. The van der Waals surface area contributed by atoms with E-state index in [-0.39, 0.29) is 17.8 Å². The molecule has 1 aromatic heterocycles. The van der Waals surface area contributed by atoms with Gasteiger partial charge in [-0.05, 0) is 55.6 Å². The number of carbonyl (C=O) groups excluding carboxylic acids is 1. The van der Waals surface area contributed by atoms with Gasteiger partial charge in [-0.3, -0.25) is 4.79 Å². The Morgan fingerprint density at radius 3 is 2.46 bits per heavy atom. The van der Waals surface area contributed by atoms with Crippen molar-refractivity contribution in [3.8, 4) is 11.6 Å². The third-order valence-corrected chi connectivity index (χ3v) is 4.93. The van der Waals surface area contributed by atoms with E-state index in [2.05, 4.69) is 10.3 Å². The van der Waals surface area contributed by atoms with Gasteiger partial charge in [-0.1, -0.05) is 12.8 Å². The molecule has 8 heteroatoms. The summed E-state index contributed by atoms with van der Waals surface area (Å²) in [5, 5.41) is 3.05. The van der Waals surface area contributed by atoms with Crippen LogP contribution in [0.1, 0.15) is 41.6 Å². The second-order valence-electron chi connectivity index (χ2n) is 6.87. The number of aromatic nitrogens is 1. The van der Waals surface area contributed by atoms with E-state index >= 15 is 0 Å². The van der Waals surface area contributed by atoms with Crippen LogP contribution in [0.15, 0.2) is 42.6 Å². The van der Waals surface area contributed by atoms with Gasteiger partial charge in [0.2, 0.25) is 5.88 Å². The Morgan fingerprint density at radius 2 is 1.86 bits per heavy atom. The highest BCUT2D eigenvalue weighted by Gasteiger charge is 2.30. The van der Waals surface area contributed by atoms with Gasteiger partial charge in [-0.25, -0.2) is 4.98 Å². The van der Waals surface area contributed by atoms with Crippen molar-refractivity contribution < 1.29 is 22.7 Å². The van der Waals surface area contributed by atoms with Gasteiger partial charge in [-0.2, -0.15) is 13.2 Å². The minimum atomic E-state index is -4.44. The number of hydrogen-bond acceptors (Lipinski definition) is 4. The lowest BCUT2D eigenvalue weighted by Gasteiger charge is -2.31. The number of alkyl halides is 3. The summed E-state index contributed by atoms with van der Waals surface area (Å²) in [5.41, 5.74) is 5.44. The van der Waals surface area contributed by atoms with Gasteiger partial charge in [0.05, 0.1) is 5.56 Å². The second-order valence-corrected chi connectivity index (χ2v) is 6.87. The number of ether oxygens (including phenoxy) is 1. The molecule has 0 aliphatic heterocycles. The first kappa shape index (κ1) is 20.1. The fraction of sp³-hybridized carbons (Fsp3) is 0.400. The first-order chi connectivity index (χ1) is 13.4. The third-order valence-electron chi connectivity index (χ3n) is 4.93. The van der Waals surface area contributed by atoms with Crippen molar-refractivity contribution in [2.45, 2.75) is 37.9 Å². The molecule has 0 saturated heterocycles. The minimum absolute atomic E-state index is 0.0400. The monoisotopic (exact) mass is 393 g/mol. The quantitative estimate of drug-likeness (QED) is 0.800. The van der Waals surface area contributed by atoms with Gasteiger partial charge < -0.3 is 15.8 Å². The number of nitrogens with two attached hydrogens (primary N) is 1. The summed E-state index contributed by atoms with van der Waals surface area (Å²) in [6.07, 6.45) is 0.437. The number of rotatable bonds is 5. The van der Waals surface area contributed by atoms with Crippen molar-refractivity contribution in [1.82, 2.24) is 10.3 Å². The first-order valence-electron chi connectivity index (χ1n) is 9.19. The summed E-state index contributed by atoms with van der Waals surface area (Å²) in [6, 6.07) is 8.51. The fourth-order valence-electron chi connectivity index (χ4n) is 3.33. The zero-order valence-corrected chi connectivity index (χ0v) is 15.2. The molecule has 5 nitrogen and oxygen atoms in total. The second kappa shape index (κ2) is 8.60. The average molecular weight is 393 g/mol. The molecule has 1 fully saturated rings. The van der Waals surface area contributed by atoms with Crippen LogP contribution < -0.4 is 15.8 Å². The molecule has 2 unspecified atom stereocenters. The maximum Gasteiger partial charge on any atom is 0.417 e. The molecule has 3 rings (SSSR count). The van der Waals surface area contributed by atoms with E-state index in [1.807, 2.05) is 0 Å². The molecule has 3 N–H and O–H groups in total. The predicted molar refractivity (Wildman–Crippen MR) is 98.0 cm³/mol. The number of nitrogens with one attached hydrogen (secondary N) is 1. The van der Waals surface area contributed by atoms with Gasteiger partial charge in [0.25, 0.3) is 5.91 Å². The average Bonchev–Trinajstić information content (AvgIpc) is 2.68. The van der Waals surface area contributed by atoms with Gasteiger partial charge in [0.15, 0.2) is 0 Å². The van der Waals surface area contributed by atoms with E-state index in [4.69, 9.17) is 10.5 Å². The van der Waals surface area contributed by atoms with Crippen molar-refractivity contribution in [3.63, 3.8) is 0 Å². The molecule has 1 aromatic carbocycles. The molecule has 0 radical (unpaired) electrons. The minimum Gasteiger partial charge on any atom is -0.439 e. The lowest BCUT2D eigenvalue weighted by Crippen LogP contribution is -2.44. The molecule has 150 valence electrons. The van der Waals surface area contributed by atoms with E-state index in [1.54, 1.807) is 24.3 Å². The van der Waals surface area contributed by atoms with Crippen LogP contribution in [0.25, 0.3) is 0 Å². The van der Waals surface area contributed by atoms with Crippen molar-refractivity contribution in [2.24, 2.45) is 11.7 Å². The summed E-state index contributed by atoms with van der Waals surface area (Å²) in [5.74, 6) is 0.537. The Kier molecular flexibility index (Phi) is 6.18. The van der Waals surface area contributed by atoms with Gasteiger partial charge in [0, 0.05) is 23.9 Å². The molecular formula is C20H22F3N3O2. The topological polar surface area (TPSA) is 77.2 Å². The Bertz CT molecular complexity index is 792. The van der Waals surface area contributed by atoms with Gasteiger partial charge in [-0.15, -0.1) is 0 Å². The highest BCUT2D eigenvalue weighted by Crippen LogP contribution is 2.30. The van der Waals surface area contributed by atoms with Crippen LogP contribution in [0.5, 0.6) is 11.6 Å². The van der Waals surface area contributed by atoms with Crippen molar-refractivity contribution in [3.05, 3.63) is 53.7 Å². The van der Waals surface area contributed by atoms with Gasteiger partial charge in [0.1, 0.15) is 5.75 Å². The summed E-state index contributed by atoms with van der Waals surface area (Å²) in [4.78, 5) is 16.1. The number of amides is 1. The van der Waals surface area contributed by atoms with Crippen LogP contribution in [-0.2, 0) is 6.18 Å². The lowest BCUT2D eigenvalue weighted by atomic mass is 9.84. The largest absolute Gasteiger partial charge is 0.439 e. The number of hydrogen-bond donors (Lipinski definition) is 2. The third kappa shape index (κ3) is 5.01. The highest BCUT2D eigenvalue weighted by atomic mass is 19.4. The fourth-order valence-corrected chi connectivity index (χ4v) is 3.33. The van der Waals surface area contributed by atoms with Crippen LogP contribution in [0.4, 0.5) is 13.2 Å². The Labute approximate surface area is 161 Å². The lowest BCUT2D eigenvalue weighted by molar-refractivity contribution is -0.137. The van der Waals surface area contributed by atoms with Gasteiger partial charge >= 0.3 is 6.18 Å². The van der Waals surface area contributed by atoms with E-state index in [1.165, 1.54) is 0 Å². The zero-order valence-electron chi connectivity index (χ0n) is 15.2. The summed E-state index contributed by atoms with van der Waals surface area (Å²) in [6.45, 7) is 0.553. The van der Waals surface area contributed by atoms with E-state index in [0.29, 0.717) is 23.8 Å². The Balaban J connectivity index is 1.60. The SMILES string of the molecule is NCC1CCCCC1NC(=O)c1ccc(Oc2ccc(C(F)(F)F)cn2)cc1. The molecule has 0 spiro atoms. The zero-order chi connectivity index (χ0) is 20.1. The normalized spacial score (nSPS) is 19.9. The number of pyridine rings is 1. The molecule has 0 bridgehead atoms. The molecule has 1 amide bonds. The molecule has 1 heterocycles. The summed E-state index contributed by atoms with van der Waals surface area (Å²) >= 11 is 0. The summed E-state index contributed by atoms with van der Waals surface area (Å²) in [7, 11) is 0. The predicted octanol–water partition coefficient (Wildman–Crippen LogP) is 4.14. The number of halogens is 3. The van der Waals surface area contributed by atoms with E-state index < -0.39 is 11.7 Å². The van der Waals surface area contributed by atoms with Crippen LogP contribution in [-0.4, -0.2) is 23.5 Å². The first-order valence-corrected chi connectivity index (χ1v) is 9.19. The molecule has 2 atom stereocenters. The van der Waals surface area contributed by atoms with Crippen LogP contribution in [0.3, 0.4) is 0 Å². The van der Waals surface area contributed by atoms with Crippen molar-refractivity contribution in [2.75, 3.05) is 6.54 Å². The molecule has 1 aliphatic carbocycles. The summed E-state index contributed by atoms with van der Waals surface area (Å²) < 4.78 is 43.1. The molecule has 1 saturated carbocycles. The molecule has 28 heavy (non-hydrogen) atoms. The van der Waals surface area contributed by atoms with Crippen LogP contribution in [0, 0.1) is 5.92 Å². The number of nitrogens with zero attached hydrogens (tertiary/aromatic N) is 1. The van der Waals surface area contributed by atoms with E-state index in [9.17, 15) is 18.0 Å². The van der Waals surface area contributed by atoms with Crippen molar-refractivity contribution >= 4 is 5.91 Å².